The van der Waals surface area contributed by atoms with Crippen LogP contribution in [-0.2, 0) is 4.79 Å². The van der Waals surface area contributed by atoms with E-state index in [4.69, 9.17) is 0 Å². The molecule has 12 heavy (non-hydrogen) atoms. The van der Waals surface area contributed by atoms with Gasteiger partial charge in [0.05, 0.1) is 5.69 Å². The highest BCUT2D eigenvalue weighted by atomic mass is 19.1. The lowest BCUT2D eigenvalue weighted by Gasteiger charge is -2.02. The smallest absolute Gasteiger partial charge is 0.211 e. The van der Waals surface area contributed by atoms with Crippen LogP contribution in [0.5, 0.6) is 0 Å². The first kappa shape index (κ1) is 8.62. The van der Waals surface area contributed by atoms with Crippen LogP contribution in [0.4, 0.5) is 10.1 Å². The van der Waals surface area contributed by atoms with Crippen molar-refractivity contribution in [1.82, 2.24) is 0 Å². The number of halogens is 1. The van der Waals surface area contributed by atoms with E-state index in [1.807, 2.05) is 0 Å². The number of rotatable bonds is 1. The van der Waals surface area contributed by atoms with Gasteiger partial charge in [-0.2, -0.15) is 4.99 Å². The summed E-state index contributed by atoms with van der Waals surface area (Å²) in [6.45, 7) is 3.36. The van der Waals surface area contributed by atoms with E-state index in [0.29, 0.717) is 16.8 Å². The van der Waals surface area contributed by atoms with Gasteiger partial charge in [0.25, 0.3) is 0 Å². The molecule has 2 nitrogen and oxygen atoms in total. The Labute approximate surface area is 69.7 Å². The molecule has 0 fully saturated rings. The second-order valence-corrected chi connectivity index (χ2v) is 2.52. The predicted molar refractivity (Wildman–Crippen MR) is 43.7 cm³/mol. The number of carbonyl (C=O) groups excluding carboxylic acids is 1. The van der Waals surface area contributed by atoms with Gasteiger partial charge in [-0.25, -0.2) is 9.18 Å². The van der Waals surface area contributed by atoms with Crippen molar-refractivity contribution in [3.63, 3.8) is 0 Å². The maximum Gasteiger partial charge on any atom is 0.240 e. The van der Waals surface area contributed by atoms with Crippen molar-refractivity contribution in [3.05, 3.63) is 29.1 Å². The second kappa shape index (κ2) is 3.28. The Morgan fingerprint density at radius 3 is 2.58 bits per heavy atom. The molecule has 0 saturated carbocycles. The lowest BCUT2D eigenvalue weighted by molar-refractivity contribution is 0.565. The lowest BCUT2D eigenvalue weighted by Crippen LogP contribution is -1.86. The van der Waals surface area contributed by atoms with Gasteiger partial charge in [-0.3, -0.25) is 0 Å². The molecule has 0 aromatic heterocycles. The van der Waals surface area contributed by atoms with Crippen LogP contribution in [0.2, 0.25) is 0 Å². The van der Waals surface area contributed by atoms with Crippen LogP contribution in [-0.4, -0.2) is 6.08 Å². The number of hydrogen-bond donors (Lipinski definition) is 0. The third kappa shape index (κ3) is 1.41. The highest BCUT2D eigenvalue weighted by Gasteiger charge is 2.04. The summed E-state index contributed by atoms with van der Waals surface area (Å²) in [7, 11) is 0. The number of hydrogen-bond acceptors (Lipinski definition) is 2. The number of aliphatic imine (C=N–C) groups is 1. The molecule has 0 saturated heterocycles. The maximum absolute atomic E-state index is 12.9. The first-order valence-corrected chi connectivity index (χ1v) is 3.50. The molecule has 0 heterocycles. The minimum absolute atomic E-state index is 0.280. The van der Waals surface area contributed by atoms with Gasteiger partial charge in [0, 0.05) is 0 Å². The van der Waals surface area contributed by atoms with Crippen LogP contribution >= 0.6 is 0 Å². The largest absolute Gasteiger partial charge is 0.240 e. The molecule has 0 amide bonds. The van der Waals surface area contributed by atoms with Gasteiger partial charge in [0.2, 0.25) is 6.08 Å². The van der Waals surface area contributed by atoms with Crippen molar-refractivity contribution in [1.29, 1.82) is 0 Å². The van der Waals surface area contributed by atoms with E-state index in [-0.39, 0.29) is 5.82 Å². The van der Waals surface area contributed by atoms with E-state index in [0.717, 1.165) is 0 Å². The molecule has 0 atom stereocenters. The molecule has 0 bridgehead atoms. The van der Waals surface area contributed by atoms with Crippen molar-refractivity contribution < 1.29 is 9.18 Å². The molecule has 0 aliphatic carbocycles. The van der Waals surface area contributed by atoms with Crippen LogP contribution < -0.4 is 0 Å². The molecule has 0 spiro atoms. The standard InChI is InChI=1S/C9H8FNO/c1-6-7(2)9(11-5-12)4-3-8(6)10/h3-4H,1-2H3. The average molecular weight is 165 g/mol. The minimum Gasteiger partial charge on any atom is -0.211 e. The summed E-state index contributed by atoms with van der Waals surface area (Å²) in [4.78, 5) is 13.4. The van der Waals surface area contributed by atoms with Gasteiger partial charge in [0.15, 0.2) is 0 Å². The van der Waals surface area contributed by atoms with Crippen molar-refractivity contribution in [2.45, 2.75) is 13.8 Å². The van der Waals surface area contributed by atoms with Gasteiger partial charge in [-0.15, -0.1) is 0 Å². The van der Waals surface area contributed by atoms with E-state index in [9.17, 15) is 9.18 Å². The van der Waals surface area contributed by atoms with Gasteiger partial charge in [-0.1, -0.05) is 0 Å². The molecule has 0 radical (unpaired) electrons. The first-order chi connectivity index (χ1) is 5.66. The van der Waals surface area contributed by atoms with Crippen LogP contribution in [0, 0.1) is 19.7 Å². The summed E-state index contributed by atoms with van der Waals surface area (Å²) in [5, 5.41) is 0. The van der Waals surface area contributed by atoms with Crippen molar-refractivity contribution in [3.8, 4) is 0 Å². The fourth-order valence-corrected chi connectivity index (χ4v) is 0.944. The molecule has 1 aromatic carbocycles. The maximum atomic E-state index is 12.9. The fraction of sp³-hybridized carbons (Fsp3) is 0.222. The third-order valence-corrected chi connectivity index (χ3v) is 1.86. The summed E-state index contributed by atoms with van der Waals surface area (Å²) in [6.07, 6.45) is 1.42. The molecule has 0 N–H and O–H groups in total. The van der Waals surface area contributed by atoms with Crippen LogP contribution in [0.3, 0.4) is 0 Å². The van der Waals surface area contributed by atoms with E-state index in [1.54, 1.807) is 13.8 Å². The van der Waals surface area contributed by atoms with Crippen molar-refractivity contribution >= 4 is 11.8 Å². The normalized spacial score (nSPS) is 9.25. The summed E-state index contributed by atoms with van der Waals surface area (Å²) in [5.41, 5.74) is 1.67. The highest BCUT2D eigenvalue weighted by Crippen LogP contribution is 2.22. The molecule has 62 valence electrons. The second-order valence-electron chi connectivity index (χ2n) is 2.52. The topological polar surface area (TPSA) is 29.4 Å². The Bertz CT molecular complexity index is 354. The molecule has 0 aliphatic rings. The van der Waals surface area contributed by atoms with Crippen molar-refractivity contribution in [2.24, 2.45) is 4.99 Å². The molecule has 0 unspecified atom stereocenters. The van der Waals surface area contributed by atoms with Gasteiger partial charge < -0.3 is 0 Å². The van der Waals surface area contributed by atoms with Crippen LogP contribution in [0.15, 0.2) is 17.1 Å². The van der Waals surface area contributed by atoms with E-state index in [2.05, 4.69) is 4.99 Å². The van der Waals surface area contributed by atoms with Gasteiger partial charge in [-0.05, 0) is 37.1 Å². The molecule has 1 aromatic rings. The zero-order valence-corrected chi connectivity index (χ0v) is 6.89. The predicted octanol–water partition coefficient (Wildman–Crippen LogP) is 2.41. The average Bonchev–Trinajstić information content (AvgIpc) is 2.07. The monoisotopic (exact) mass is 165 g/mol. The Balaban J connectivity index is 3.35. The zero-order valence-electron chi connectivity index (χ0n) is 6.89. The minimum atomic E-state index is -0.280. The third-order valence-electron chi connectivity index (χ3n) is 1.86. The van der Waals surface area contributed by atoms with Gasteiger partial charge in [0.1, 0.15) is 5.82 Å². The Kier molecular flexibility index (Phi) is 2.36. The van der Waals surface area contributed by atoms with E-state index < -0.39 is 0 Å². The molecular weight excluding hydrogens is 157 g/mol. The lowest BCUT2D eigenvalue weighted by atomic mass is 10.1. The van der Waals surface area contributed by atoms with Crippen LogP contribution in [0.1, 0.15) is 11.1 Å². The van der Waals surface area contributed by atoms with Crippen molar-refractivity contribution in [2.75, 3.05) is 0 Å². The first-order valence-electron chi connectivity index (χ1n) is 3.50. The highest BCUT2D eigenvalue weighted by molar-refractivity contribution is 5.55. The van der Waals surface area contributed by atoms with E-state index in [1.165, 1.54) is 18.2 Å². The van der Waals surface area contributed by atoms with Crippen LogP contribution in [0.25, 0.3) is 0 Å². The summed E-state index contributed by atoms with van der Waals surface area (Å²) < 4.78 is 12.9. The Morgan fingerprint density at radius 1 is 1.33 bits per heavy atom. The van der Waals surface area contributed by atoms with Gasteiger partial charge >= 0.3 is 0 Å². The summed E-state index contributed by atoms with van der Waals surface area (Å²) in [6, 6.07) is 2.75. The van der Waals surface area contributed by atoms with E-state index >= 15 is 0 Å². The number of isocyanates is 1. The summed E-state index contributed by atoms with van der Waals surface area (Å²) >= 11 is 0. The zero-order chi connectivity index (χ0) is 9.14. The number of benzene rings is 1. The summed E-state index contributed by atoms with van der Waals surface area (Å²) in [5.74, 6) is -0.280. The SMILES string of the molecule is Cc1c(F)ccc(N=C=O)c1C. The Morgan fingerprint density at radius 2 is 2.00 bits per heavy atom. The molecule has 0 aliphatic heterocycles. The fourth-order valence-electron chi connectivity index (χ4n) is 0.944. The molecular formula is C9H8FNO. The number of nitrogens with zero attached hydrogens (tertiary/aromatic N) is 1. The molecule has 3 heteroatoms. The molecule has 1 rings (SSSR count). The Hall–Kier alpha value is -1.47. The quantitative estimate of drug-likeness (QED) is 0.464.